The summed E-state index contributed by atoms with van der Waals surface area (Å²) in [6.45, 7) is 7.12. The standard InChI is InChI=1S/C27H31F5N2/c1-3-20(21-5-4-6-24(28)9-7-21)11-12-33-26-10-8-22(15-26)18(2)34-17-19-13-23(27(30,31)32)16-25(29)14-19/h4-5,7,9,13-14,16,20,22,26,33-34H,2-3,8,10-12,15,17H2,1H3/t20?,22-,26+/m0/s1. The van der Waals surface area contributed by atoms with Crippen LogP contribution in [0.1, 0.15) is 50.2 Å². The van der Waals surface area contributed by atoms with Gasteiger partial charge < -0.3 is 10.6 Å². The Balaban J connectivity index is 1.43. The van der Waals surface area contributed by atoms with Crippen molar-refractivity contribution in [3.8, 4) is 0 Å². The number of benzene rings is 1. The Kier molecular flexibility index (Phi) is 8.92. The van der Waals surface area contributed by atoms with E-state index in [1.54, 1.807) is 6.08 Å². The molecule has 2 aliphatic carbocycles. The molecule has 1 fully saturated rings. The van der Waals surface area contributed by atoms with E-state index in [2.05, 4.69) is 29.9 Å². The fourth-order valence-electron chi connectivity index (χ4n) is 4.59. The molecule has 2 aliphatic rings. The highest BCUT2D eigenvalue weighted by Gasteiger charge is 2.31. The lowest BCUT2D eigenvalue weighted by molar-refractivity contribution is -0.137. The molecule has 3 atom stereocenters. The minimum absolute atomic E-state index is 0.0962. The summed E-state index contributed by atoms with van der Waals surface area (Å²) in [4.78, 5) is 0. The molecule has 0 aliphatic heterocycles. The van der Waals surface area contributed by atoms with Crippen LogP contribution in [0.2, 0.25) is 0 Å². The Hall–Kier alpha value is -2.63. The van der Waals surface area contributed by atoms with Gasteiger partial charge in [0.2, 0.25) is 0 Å². The molecule has 34 heavy (non-hydrogen) atoms. The summed E-state index contributed by atoms with van der Waals surface area (Å²) in [6.07, 6.45) is 6.91. The van der Waals surface area contributed by atoms with Crippen LogP contribution >= 0.6 is 0 Å². The molecule has 1 aromatic carbocycles. The highest BCUT2D eigenvalue weighted by atomic mass is 19.4. The van der Waals surface area contributed by atoms with Gasteiger partial charge in [-0.2, -0.15) is 17.6 Å². The van der Waals surface area contributed by atoms with E-state index in [1.807, 2.05) is 12.2 Å². The van der Waals surface area contributed by atoms with Crippen LogP contribution in [-0.4, -0.2) is 12.6 Å². The van der Waals surface area contributed by atoms with Crippen molar-refractivity contribution in [2.75, 3.05) is 6.54 Å². The molecule has 2 N–H and O–H groups in total. The van der Waals surface area contributed by atoms with Crippen LogP contribution in [0.3, 0.4) is 0 Å². The summed E-state index contributed by atoms with van der Waals surface area (Å²) in [5.74, 6) is -0.736. The molecule has 1 saturated carbocycles. The minimum atomic E-state index is -4.58. The van der Waals surface area contributed by atoms with Crippen LogP contribution in [0.4, 0.5) is 22.0 Å². The second-order valence-electron chi connectivity index (χ2n) is 8.94. The van der Waals surface area contributed by atoms with Crippen molar-refractivity contribution in [1.82, 2.24) is 10.6 Å². The molecule has 0 bridgehead atoms. The van der Waals surface area contributed by atoms with Crippen LogP contribution in [0.15, 0.2) is 71.9 Å². The first kappa shape index (κ1) is 26.0. The Morgan fingerprint density at radius 3 is 2.71 bits per heavy atom. The van der Waals surface area contributed by atoms with E-state index < -0.39 is 17.6 Å². The quantitative estimate of drug-likeness (QED) is 0.276. The molecule has 0 amide bonds. The zero-order chi connectivity index (χ0) is 24.7. The Morgan fingerprint density at radius 1 is 1.18 bits per heavy atom. The number of hydrogen-bond donors (Lipinski definition) is 2. The fourth-order valence-corrected chi connectivity index (χ4v) is 4.59. The van der Waals surface area contributed by atoms with Crippen molar-refractivity contribution in [2.24, 2.45) is 11.8 Å². The van der Waals surface area contributed by atoms with Crippen molar-refractivity contribution in [2.45, 2.75) is 57.8 Å². The van der Waals surface area contributed by atoms with Gasteiger partial charge in [0.25, 0.3) is 0 Å². The molecule has 0 radical (unpaired) electrons. The maximum absolute atomic E-state index is 13.6. The molecule has 2 nitrogen and oxygen atoms in total. The maximum Gasteiger partial charge on any atom is 0.416 e. The fraction of sp³-hybridized carbons (Fsp3) is 0.444. The average Bonchev–Trinajstić information content (AvgIpc) is 3.15. The summed E-state index contributed by atoms with van der Waals surface area (Å²) in [7, 11) is 0. The number of nitrogens with one attached hydrogen (secondary N) is 2. The van der Waals surface area contributed by atoms with Crippen molar-refractivity contribution in [3.05, 3.63) is 88.9 Å². The van der Waals surface area contributed by atoms with Gasteiger partial charge in [0.1, 0.15) is 5.82 Å². The number of allylic oxidation sites excluding steroid dienone is 6. The lowest BCUT2D eigenvalue weighted by Gasteiger charge is -2.20. The van der Waals surface area contributed by atoms with Crippen LogP contribution in [0, 0.1) is 17.7 Å². The van der Waals surface area contributed by atoms with Crippen molar-refractivity contribution >= 4 is 0 Å². The molecule has 0 aromatic heterocycles. The molecule has 7 heteroatoms. The number of alkyl halides is 3. The predicted octanol–water partition coefficient (Wildman–Crippen LogP) is 7.13. The smallest absolute Gasteiger partial charge is 0.385 e. The Labute approximate surface area is 198 Å². The van der Waals surface area contributed by atoms with Gasteiger partial charge in [0.05, 0.1) is 5.56 Å². The van der Waals surface area contributed by atoms with Crippen molar-refractivity contribution < 1.29 is 22.0 Å². The van der Waals surface area contributed by atoms with Gasteiger partial charge in [-0.1, -0.05) is 31.4 Å². The molecule has 3 rings (SSSR count). The van der Waals surface area contributed by atoms with Crippen LogP contribution in [-0.2, 0) is 12.7 Å². The van der Waals surface area contributed by atoms with Gasteiger partial charge >= 0.3 is 6.18 Å². The normalized spacial score (nSPS) is 21.1. The largest absolute Gasteiger partial charge is 0.416 e. The number of hydrogen-bond acceptors (Lipinski definition) is 2. The molecular formula is C27H31F5N2. The van der Waals surface area contributed by atoms with Gasteiger partial charge in [-0.15, -0.1) is 0 Å². The average molecular weight is 479 g/mol. The van der Waals surface area contributed by atoms with E-state index in [4.69, 9.17) is 0 Å². The molecule has 1 unspecified atom stereocenters. The highest BCUT2D eigenvalue weighted by molar-refractivity contribution is 5.33. The number of halogens is 5. The first-order valence-corrected chi connectivity index (χ1v) is 11.7. The van der Waals surface area contributed by atoms with Crippen molar-refractivity contribution in [3.63, 3.8) is 0 Å². The minimum Gasteiger partial charge on any atom is -0.385 e. The second-order valence-corrected chi connectivity index (χ2v) is 8.94. The lowest BCUT2D eigenvalue weighted by Crippen LogP contribution is -2.29. The third kappa shape index (κ3) is 7.44. The van der Waals surface area contributed by atoms with Gasteiger partial charge in [0.15, 0.2) is 5.83 Å². The maximum atomic E-state index is 13.6. The number of rotatable bonds is 10. The topological polar surface area (TPSA) is 24.1 Å². The summed E-state index contributed by atoms with van der Waals surface area (Å²) in [5, 5.41) is 6.69. The van der Waals surface area contributed by atoms with E-state index in [0.717, 1.165) is 62.1 Å². The molecule has 184 valence electrons. The van der Waals surface area contributed by atoms with Crippen LogP contribution < -0.4 is 10.6 Å². The van der Waals surface area contributed by atoms with E-state index in [-0.39, 0.29) is 23.9 Å². The first-order chi connectivity index (χ1) is 16.2. The van der Waals surface area contributed by atoms with Crippen molar-refractivity contribution in [1.29, 1.82) is 0 Å². The lowest BCUT2D eigenvalue weighted by atomic mass is 9.92. The molecule has 0 saturated heterocycles. The van der Waals surface area contributed by atoms with E-state index >= 15 is 0 Å². The third-order valence-electron chi connectivity index (χ3n) is 6.54. The van der Waals surface area contributed by atoms with Crippen LogP contribution in [0.5, 0.6) is 0 Å². The van der Waals surface area contributed by atoms with E-state index in [1.165, 1.54) is 6.08 Å². The SMILES string of the molecule is C=C(NCc1cc(F)cc(C(F)(F)F)c1)[C@H]1CC[C@@H](NCCC(CC)C2=CC=C=C(F)C=C2)C1. The Bertz CT molecular complexity index is 999. The molecule has 0 heterocycles. The first-order valence-electron chi connectivity index (χ1n) is 11.7. The Morgan fingerprint density at radius 2 is 1.97 bits per heavy atom. The summed E-state index contributed by atoms with van der Waals surface area (Å²) < 4.78 is 65.7. The van der Waals surface area contributed by atoms with Gasteiger partial charge in [-0.3, -0.25) is 0 Å². The predicted molar refractivity (Wildman–Crippen MR) is 125 cm³/mol. The van der Waals surface area contributed by atoms with Gasteiger partial charge in [0, 0.05) is 18.3 Å². The molecular weight excluding hydrogens is 447 g/mol. The van der Waals surface area contributed by atoms with E-state index in [0.29, 0.717) is 18.0 Å². The highest BCUT2D eigenvalue weighted by Crippen LogP contribution is 2.32. The molecule has 1 aromatic rings. The van der Waals surface area contributed by atoms with Gasteiger partial charge in [-0.05, 0) is 92.0 Å². The van der Waals surface area contributed by atoms with Crippen LogP contribution in [0.25, 0.3) is 0 Å². The third-order valence-corrected chi connectivity index (χ3v) is 6.54. The summed E-state index contributed by atoms with van der Waals surface area (Å²) in [6, 6.07) is 2.91. The van der Waals surface area contributed by atoms with E-state index in [9.17, 15) is 22.0 Å². The summed E-state index contributed by atoms with van der Waals surface area (Å²) >= 11 is 0. The second kappa shape index (κ2) is 11.7. The van der Waals surface area contributed by atoms with Gasteiger partial charge in [-0.25, -0.2) is 4.39 Å². The zero-order valence-corrected chi connectivity index (χ0v) is 19.3. The zero-order valence-electron chi connectivity index (χ0n) is 19.3. The summed E-state index contributed by atoms with van der Waals surface area (Å²) in [5.41, 5.74) is 3.67. The monoisotopic (exact) mass is 478 g/mol. The molecule has 0 spiro atoms.